The van der Waals surface area contributed by atoms with E-state index in [1.54, 1.807) is 55.0 Å². The molecule has 0 aliphatic heterocycles. The van der Waals surface area contributed by atoms with Crippen LogP contribution in [-0.2, 0) is 0 Å². The summed E-state index contributed by atoms with van der Waals surface area (Å²) in [5.74, 6) is 1.16. The molecule has 0 aliphatic rings. The fraction of sp³-hybridized carbons (Fsp3) is 0.0385. The van der Waals surface area contributed by atoms with E-state index in [2.05, 4.69) is 15.3 Å². The average Bonchev–Trinajstić information content (AvgIpc) is 3.26. The third kappa shape index (κ3) is 3.88. The number of amides is 1. The lowest BCUT2D eigenvalue weighted by atomic mass is 10.1. The molecule has 5 aromatic rings. The smallest absolute Gasteiger partial charge is 0.256 e. The summed E-state index contributed by atoms with van der Waals surface area (Å²) >= 11 is 0. The Bertz CT molecular complexity index is 1520. The number of pyridine rings is 1. The Morgan fingerprint density at radius 1 is 0.882 bits per heavy atom. The normalized spacial score (nSPS) is 10.9. The standard InChI is InChI=1S/C26H20N6O2/c1-16(33)19-5-4-6-20(15-19)25-31-22(23-24(27)29-13-14-32(23)25)17-8-10-18(11-9-17)26(34)30-21-7-2-3-12-28-21/h2-15H,1H3,(H2,27,29)(H,28,30,34). The van der Waals surface area contributed by atoms with Crippen LogP contribution in [0.1, 0.15) is 27.6 Å². The number of benzene rings is 2. The van der Waals surface area contributed by atoms with Crippen molar-refractivity contribution in [3.8, 4) is 22.6 Å². The molecule has 3 N–H and O–H groups in total. The van der Waals surface area contributed by atoms with Crippen molar-refractivity contribution in [1.29, 1.82) is 0 Å². The van der Waals surface area contributed by atoms with Gasteiger partial charge in [-0.25, -0.2) is 15.0 Å². The van der Waals surface area contributed by atoms with Gasteiger partial charge in [0.25, 0.3) is 5.91 Å². The molecule has 3 aromatic heterocycles. The molecule has 0 spiro atoms. The first-order valence-corrected chi connectivity index (χ1v) is 10.6. The number of hydrogen-bond donors (Lipinski definition) is 2. The number of ketones is 1. The fourth-order valence-electron chi connectivity index (χ4n) is 3.75. The minimum absolute atomic E-state index is 0.0244. The summed E-state index contributed by atoms with van der Waals surface area (Å²) in [5, 5.41) is 2.77. The van der Waals surface area contributed by atoms with Gasteiger partial charge in [0.2, 0.25) is 0 Å². The number of anilines is 2. The lowest BCUT2D eigenvalue weighted by Crippen LogP contribution is -2.12. The molecule has 2 aromatic carbocycles. The number of fused-ring (bicyclic) bond motifs is 1. The lowest BCUT2D eigenvalue weighted by molar-refractivity contribution is 0.101. The Hall–Kier alpha value is -4.85. The molecule has 0 bridgehead atoms. The number of nitrogens with one attached hydrogen (secondary N) is 1. The van der Waals surface area contributed by atoms with Gasteiger partial charge < -0.3 is 11.1 Å². The summed E-state index contributed by atoms with van der Waals surface area (Å²) in [7, 11) is 0. The second-order valence-electron chi connectivity index (χ2n) is 7.70. The maximum absolute atomic E-state index is 12.6. The van der Waals surface area contributed by atoms with E-state index in [1.807, 2.05) is 34.7 Å². The quantitative estimate of drug-likeness (QED) is 0.383. The van der Waals surface area contributed by atoms with Crippen LogP contribution in [0.2, 0.25) is 0 Å². The number of aromatic nitrogens is 4. The number of rotatable bonds is 5. The number of nitrogen functional groups attached to an aromatic ring is 1. The minimum Gasteiger partial charge on any atom is -0.382 e. The van der Waals surface area contributed by atoms with Crippen molar-refractivity contribution in [2.45, 2.75) is 6.92 Å². The highest BCUT2D eigenvalue weighted by atomic mass is 16.1. The molecule has 1 amide bonds. The third-order valence-electron chi connectivity index (χ3n) is 5.44. The summed E-state index contributed by atoms with van der Waals surface area (Å²) in [6.07, 6.45) is 5.01. The summed E-state index contributed by atoms with van der Waals surface area (Å²) < 4.78 is 1.86. The van der Waals surface area contributed by atoms with Gasteiger partial charge >= 0.3 is 0 Å². The van der Waals surface area contributed by atoms with Gasteiger partial charge in [0, 0.05) is 40.8 Å². The van der Waals surface area contributed by atoms with Crippen molar-refractivity contribution in [2.75, 3.05) is 11.1 Å². The van der Waals surface area contributed by atoms with E-state index in [9.17, 15) is 9.59 Å². The first kappa shape index (κ1) is 21.0. The molecule has 8 nitrogen and oxygen atoms in total. The number of carbonyl (C=O) groups is 2. The molecular formula is C26H20N6O2. The summed E-state index contributed by atoms with van der Waals surface area (Å²) in [6, 6.07) is 19.7. The van der Waals surface area contributed by atoms with E-state index in [4.69, 9.17) is 10.7 Å². The highest BCUT2D eigenvalue weighted by Crippen LogP contribution is 2.32. The zero-order valence-electron chi connectivity index (χ0n) is 18.3. The molecule has 0 saturated carbocycles. The van der Waals surface area contributed by atoms with E-state index in [0.29, 0.717) is 39.8 Å². The Kier molecular flexibility index (Phi) is 5.31. The van der Waals surface area contributed by atoms with E-state index < -0.39 is 0 Å². The Morgan fingerprint density at radius 2 is 1.71 bits per heavy atom. The zero-order valence-corrected chi connectivity index (χ0v) is 18.3. The van der Waals surface area contributed by atoms with E-state index >= 15 is 0 Å². The van der Waals surface area contributed by atoms with Crippen LogP contribution in [0, 0.1) is 0 Å². The molecule has 3 heterocycles. The maximum Gasteiger partial charge on any atom is 0.256 e. The highest BCUT2D eigenvalue weighted by molar-refractivity contribution is 6.04. The molecule has 0 atom stereocenters. The van der Waals surface area contributed by atoms with Crippen molar-refractivity contribution in [3.05, 3.63) is 96.4 Å². The van der Waals surface area contributed by atoms with Crippen molar-refractivity contribution < 1.29 is 9.59 Å². The molecule has 0 radical (unpaired) electrons. The molecule has 166 valence electrons. The topological polar surface area (TPSA) is 115 Å². The summed E-state index contributed by atoms with van der Waals surface area (Å²) in [6.45, 7) is 1.53. The van der Waals surface area contributed by atoms with Crippen molar-refractivity contribution in [2.24, 2.45) is 0 Å². The van der Waals surface area contributed by atoms with Crippen LogP contribution < -0.4 is 11.1 Å². The van der Waals surface area contributed by atoms with Gasteiger partial charge in [-0.3, -0.25) is 14.0 Å². The number of hydrogen-bond acceptors (Lipinski definition) is 6. The fourth-order valence-corrected chi connectivity index (χ4v) is 3.75. The van der Waals surface area contributed by atoms with Gasteiger partial charge in [-0.15, -0.1) is 0 Å². The molecule has 34 heavy (non-hydrogen) atoms. The largest absolute Gasteiger partial charge is 0.382 e. The maximum atomic E-state index is 12.6. The number of Topliss-reactive ketones (excluding diaryl/α,β-unsaturated/α-hetero) is 1. The number of nitrogens with zero attached hydrogens (tertiary/aromatic N) is 4. The third-order valence-corrected chi connectivity index (χ3v) is 5.44. The number of nitrogens with two attached hydrogens (primary N) is 1. The first-order chi connectivity index (χ1) is 16.5. The highest BCUT2D eigenvalue weighted by Gasteiger charge is 2.18. The second-order valence-corrected chi connectivity index (χ2v) is 7.70. The van der Waals surface area contributed by atoms with E-state index in [0.717, 1.165) is 11.1 Å². The van der Waals surface area contributed by atoms with Gasteiger partial charge in [0.05, 0.1) is 0 Å². The van der Waals surface area contributed by atoms with Crippen LogP contribution in [0.15, 0.2) is 85.3 Å². The molecule has 0 saturated heterocycles. The van der Waals surface area contributed by atoms with Gasteiger partial charge in [-0.05, 0) is 37.3 Å². The van der Waals surface area contributed by atoms with Gasteiger partial charge in [0.15, 0.2) is 5.78 Å². The second kappa shape index (κ2) is 8.59. The van der Waals surface area contributed by atoms with Crippen molar-refractivity contribution >= 4 is 28.8 Å². The molecule has 0 unspecified atom stereocenters. The number of imidazole rings is 1. The van der Waals surface area contributed by atoms with Crippen LogP contribution in [0.4, 0.5) is 11.6 Å². The summed E-state index contributed by atoms with van der Waals surface area (Å²) in [5.41, 5.74) is 10.2. The van der Waals surface area contributed by atoms with Crippen molar-refractivity contribution in [3.63, 3.8) is 0 Å². The Labute approximate surface area is 195 Å². The van der Waals surface area contributed by atoms with Gasteiger partial charge in [0.1, 0.15) is 28.7 Å². The molecule has 0 aliphatic carbocycles. The lowest BCUT2D eigenvalue weighted by Gasteiger charge is -2.05. The zero-order chi connectivity index (χ0) is 23.7. The number of carbonyl (C=O) groups excluding carboxylic acids is 2. The van der Waals surface area contributed by atoms with Crippen molar-refractivity contribution in [1.82, 2.24) is 19.4 Å². The Morgan fingerprint density at radius 3 is 2.44 bits per heavy atom. The molecule has 8 heteroatoms. The molecule has 5 rings (SSSR count). The van der Waals surface area contributed by atoms with Crippen LogP contribution in [0.3, 0.4) is 0 Å². The first-order valence-electron chi connectivity index (χ1n) is 10.6. The van der Waals surface area contributed by atoms with E-state index in [-0.39, 0.29) is 11.7 Å². The molecule has 0 fully saturated rings. The van der Waals surface area contributed by atoms with Gasteiger partial charge in [-0.1, -0.05) is 36.4 Å². The predicted molar refractivity (Wildman–Crippen MR) is 130 cm³/mol. The van der Waals surface area contributed by atoms with Crippen LogP contribution in [0.25, 0.3) is 28.2 Å². The predicted octanol–water partition coefficient (Wildman–Crippen LogP) is 4.50. The van der Waals surface area contributed by atoms with E-state index in [1.165, 1.54) is 6.92 Å². The van der Waals surface area contributed by atoms with Crippen LogP contribution in [0.5, 0.6) is 0 Å². The molecular weight excluding hydrogens is 428 g/mol. The Balaban J connectivity index is 1.55. The SMILES string of the molecule is CC(=O)c1cccc(-c2nc(-c3ccc(C(=O)Nc4ccccn4)cc3)c3c(N)nccn23)c1. The monoisotopic (exact) mass is 448 g/mol. The minimum atomic E-state index is -0.261. The summed E-state index contributed by atoms with van der Waals surface area (Å²) in [4.78, 5) is 37.7. The van der Waals surface area contributed by atoms with Crippen LogP contribution in [-0.4, -0.2) is 31.0 Å². The van der Waals surface area contributed by atoms with Crippen LogP contribution >= 0.6 is 0 Å². The average molecular weight is 448 g/mol. The van der Waals surface area contributed by atoms with Gasteiger partial charge in [-0.2, -0.15) is 0 Å².